The third-order valence-corrected chi connectivity index (χ3v) is 5.15. The van der Waals surface area contributed by atoms with Crippen molar-refractivity contribution in [3.63, 3.8) is 0 Å². The van der Waals surface area contributed by atoms with Crippen LogP contribution in [0.15, 0.2) is 58.2 Å². The number of aromatic nitrogens is 3. The van der Waals surface area contributed by atoms with Crippen molar-refractivity contribution in [2.75, 3.05) is 0 Å². The number of benzene rings is 2. The van der Waals surface area contributed by atoms with Gasteiger partial charge in [-0.15, -0.1) is 10.2 Å². The molecule has 0 saturated heterocycles. The zero-order valence-electron chi connectivity index (χ0n) is 13.2. The van der Waals surface area contributed by atoms with E-state index in [1.54, 1.807) is 11.8 Å². The second kappa shape index (κ2) is 7.32. The monoisotopic (exact) mass is 387 g/mol. The summed E-state index contributed by atoms with van der Waals surface area (Å²) in [7, 11) is 0. The fraction of sp³-hybridized carbons (Fsp3) is 0.222. The molecule has 2 aromatic carbocycles. The molecule has 3 rings (SSSR count). The summed E-state index contributed by atoms with van der Waals surface area (Å²) in [5.74, 6) is 1.83. The van der Waals surface area contributed by atoms with Crippen LogP contribution in [-0.2, 0) is 12.3 Å². The summed E-state index contributed by atoms with van der Waals surface area (Å²) >= 11 is 5.20. The van der Waals surface area contributed by atoms with Crippen molar-refractivity contribution in [3.05, 3.63) is 64.1 Å². The van der Waals surface area contributed by atoms with Crippen LogP contribution in [-0.4, -0.2) is 14.8 Å². The van der Waals surface area contributed by atoms with Crippen LogP contribution in [0.25, 0.3) is 11.4 Å². The number of nitrogens with zero attached hydrogens (tertiary/aromatic N) is 3. The molecule has 1 aromatic heterocycles. The summed E-state index contributed by atoms with van der Waals surface area (Å²) < 4.78 is 3.24. The van der Waals surface area contributed by atoms with Crippen molar-refractivity contribution in [2.24, 2.45) is 0 Å². The molecule has 0 saturated carbocycles. The molecule has 23 heavy (non-hydrogen) atoms. The highest BCUT2D eigenvalue weighted by atomic mass is 79.9. The van der Waals surface area contributed by atoms with Gasteiger partial charge in [0.1, 0.15) is 0 Å². The van der Waals surface area contributed by atoms with Gasteiger partial charge in [0.05, 0.1) is 0 Å². The summed E-state index contributed by atoms with van der Waals surface area (Å²) in [6.07, 6.45) is 0. The Labute approximate surface area is 149 Å². The highest BCUT2D eigenvalue weighted by Crippen LogP contribution is 2.27. The molecule has 0 fully saturated rings. The molecule has 0 aliphatic carbocycles. The van der Waals surface area contributed by atoms with Gasteiger partial charge >= 0.3 is 0 Å². The molecule has 5 heteroatoms. The third-order valence-electron chi connectivity index (χ3n) is 3.59. The van der Waals surface area contributed by atoms with Gasteiger partial charge in [-0.3, -0.25) is 0 Å². The van der Waals surface area contributed by atoms with Crippen molar-refractivity contribution in [3.8, 4) is 11.4 Å². The lowest BCUT2D eigenvalue weighted by Gasteiger charge is -2.08. The second-order valence-electron chi connectivity index (χ2n) is 5.34. The number of thioether (sulfide) groups is 1. The molecular formula is C18H18BrN3S. The van der Waals surface area contributed by atoms with E-state index in [-0.39, 0.29) is 0 Å². The lowest BCUT2D eigenvalue weighted by atomic mass is 10.2. The smallest absolute Gasteiger partial charge is 0.191 e. The maximum absolute atomic E-state index is 4.39. The number of halogens is 1. The van der Waals surface area contributed by atoms with Gasteiger partial charge in [-0.2, -0.15) is 0 Å². The fourth-order valence-electron chi connectivity index (χ4n) is 2.44. The van der Waals surface area contributed by atoms with Crippen LogP contribution >= 0.6 is 27.7 Å². The van der Waals surface area contributed by atoms with Gasteiger partial charge in [0.2, 0.25) is 0 Å². The van der Waals surface area contributed by atoms with Gasteiger partial charge in [0.25, 0.3) is 0 Å². The van der Waals surface area contributed by atoms with Crippen LogP contribution in [0, 0.1) is 6.92 Å². The Morgan fingerprint density at radius 2 is 1.87 bits per heavy atom. The molecule has 3 aromatic rings. The van der Waals surface area contributed by atoms with Gasteiger partial charge < -0.3 is 4.57 Å². The Hall–Kier alpha value is -1.59. The summed E-state index contributed by atoms with van der Waals surface area (Å²) in [5, 5.41) is 9.75. The molecule has 0 amide bonds. The fourth-order valence-corrected chi connectivity index (χ4v) is 3.65. The minimum atomic E-state index is 0.856. The Morgan fingerprint density at radius 1 is 1.09 bits per heavy atom. The highest BCUT2D eigenvalue weighted by molar-refractivity contribution is 9.10. The Bertz CT molecular complexity index is 796. The summed E-state index contributed by atoms with van der Waals surface area (Å²) in [4.78, 5) is 0. The van der Waals surface area contributed by atoms with E-state index in [0.717, 1.165) is 33.3 Å². The molecule has 0 aliphatic heterocycles. The van der Waals surface area contributed by atoms with Crippen molar-refractivity contribution >= 4 is 27.7 Å². The third kappa shape index (κ3) is 3.85. The van der Waals surface area contributed by atoms with Gasteiger partial charge in [-0.25, -0.2) is 0 Å². The lowest BCUT2D eigenvalue weighted by Crippen LogP contribution is -1.99. The van der Waals surface area contributed by atoms with Crippen LogP contribution in [0.1, 0.15) is 18.1 Å². The van der Waals surface area contributed by atoms with Gasteiger partial charge in [0.15, 0.2) is 11.0 Å². The maximum Gasteiger partial charge on any atom is 0.191 e. The Balaban J connectivity index is 1.82. The van der Waals surface area contributed by atoms with Crippen molar-refractivity contribution in [1.29, 1.82) is 0 Å². The van der Waals surface area contributed by atoms with Gasteiger partial charge in [-0.1, -0.05) is 69.7 Å². The largest absolute Gasteiger partial charge is 0.302 e. The first-order valence-corrected chi connectivity index (χ1v) is 9.32. The van der Waals surface area contributed by atoms with Crippen molar-refractivity contribution in [2.45, 2.75) is 31.3 Å². The van der Waals surface area contributed by atoms with Crippen molar-refractivity contribution < 1.29 is 0 Å². The minimum Gasteiger partial charge on any atom is -0.302 e. The molecular weight excluding hydrogens is 370 g/mol. The predicted octanol–water partition coefficient (Wildman–Crippen LogP) is 5.33. The molecule has 118 valence electrons. The second-order valence-corrected chi connectivity index (χ2v) is 7.19. The van der Waals surface area contributed by atoms with E-state index in [2.05, 4.69) is 80.9 Å². The zero-order chi connectivity index (χ0) is 16.2. The minimum absolute atomic E-state index is 0.856. The molecule has 1 heterocycles. The predicted molar refractivity (Wildman–Crippen MR) is 99.6 cm³/mol. The SMILES string of the molecule is CCn1c(SCc2cccc(C)c2)nnc1-c1ccc(Br)cc1. The average molecular weight is 388 g/mol. The van der Waals surface area contributed by atoms with Crippen LogP contribution in [0.2, 0.25) is 0 Å². The Morgan fingerprint density at radius 3 is 2.57 bits per heavy atom. The Kier molecular flexibility index (Phi) is 5.18. The highest BCUT2D eigenvalue weighted by Gasteiger charge is 2.13. The molecule has 0 atom stereocenters. The van der Waals surface area contributed by atoms with Crippen LogP contribution < -0.4 is 0 Å². The van der Waals surface area contributed by atoms with E-state index < -0.39 is 0 Å². The maximum atomic E-state index is 4.39. The van der Waals surface area contributed by atoms with E-state index in [1.165, 1.54) is 11.1 Å². The van der Waals surface area contributed by atoms with E-state index in [4.69, 9.17) is 0 Å². The lowest BCUT2D eigenvalue weighted by molar-refractivity contribution is 0.687. The van der Waals surface area contributed by atoms with Crippen LogP contribution in [0.3, 0.4) is 0 Å². The zero-order valence-corrected chi connectivity index (χ0v) is 15.6. The molecule has 3 nitrogen and oxygen atoms in total. The molecule has 0 unspecified atom stereocenters. The van der Waals surface area contributed by atoms with Crippen LogP contribution in [0.5, 0.6) is 0 Å². The average Bonchev–Trinajstić information content (AvgIpc) is 2.96. The molecule has 0 bridgehead atoms. The van der Waals surface area contributed by atoms with Crippen LogP contribution in [0.4, 0.5) is 0 Å². The number of hydrogen-bond donors (Lipinski definition) is 0. The number of aryl methyl sites for hydroxylation is 1. The van der Waals surface area contributed by atoms with E-state index in [9.17, 15) is 0 Å². The molecule has 0 aliphatic rings. The number of rotatable bonds is 5. The van der Waals surface area contributed by atoms with Crippen molar-refractivity contribution in [1.82, 2.24) is 14.8 Å². The van der Waals surface area contributed by atoms with Gasteiger partial charge in [-0.05, 0) is 31.5 Å². The number of hydrogen-bond acceptors (Lipinski definition) is 3. The summed E-state index contributed by atoms with van der Waals surface area (Å²) in [6, 6.07) is 16.8. The van der Waals surface area contributed by atoms with E-state index >= 15 is 0 Å². The first-order valence-electron chi connectivity index (χ1n) is 7.55. The summed E-state index contributed by atoms with van der Waals surface area (Å²) in [5.41, 5.74) is 3.69. The molecule has 0 spiro atoms. The van der Waals surface area contributed by atoms with E-state index in [0.29, 0.717) is 0 Å². The quantitative estimate of drug-likeness (QED) is 0.554. The topological polar surface area (TPSA) is 30.7 Å². The summed E-state index contributed by atoms with van der Waals surface area (Å²) in [6.45, 7) is 5.10. The molecule has 0 radical (unpaired) electrons. The first kappa shape index (κ1) is 16.3. The van der Waals surface area contributed by atoms with Gasteiger partial charge in [0, 0.05) is 22.3 Å². The standard InChI is InChI=1S/C18H18BrN3S/c1-3-22-17(15-7-9-16(19)10-8-15)20-21-18(22)23-12-14-6-4-5-13(2)11-14/h4-11H,3,12H2,1-2H3. The normalized spacial score (nSPS) is 10.9. The van der Waals surface area contributed by atoms with E-state index in [1.807, 2.05) is 12.1 Å². The molecule has 0 N–H and O–H groups in total. The first-order chi connectivity index (χ1) is 11.2.